The van der Waals surface area contributed by atoms with Crippen LogP contribution in [0, 0.1) is 0 Å². The number of carbonyl (C=O) groups is 1. The lowest BCUT2D eigenvalue weighted by Gasteiger charge is -2.24. The number of carbonyl (C=O) groups excluding carboxylic acids is 1. The number of amides is 1. The SMILES string of the molecule is CN(C(=O)c1ccc(-c2nc3ccc(Cl)cc3o2)cc1)C1CCCC1. The van der Waals surface area contributed by atoms with E-state index < -0.39 is 0 Å². The number of nitrogens with zero attached hydrogens (tertiary/aromatic N) is 2. The normalized spacial score (nSPS) is 15.0. The van der Waals surface area contributed by atoms with E-state index in [1.807, 2.05) is 42.3 Å². The van der Waals surface area contributed by atoms with E-state index in [1.165, 1.54) is 12.8 Å². The Morgan fingerprint density at radius 2 is 1.88 bits per heavy atom. The molecule has 1 fully saturated rings. The summed E-state index contributed by atoms with van der Waals surface area (Å²) in [7, 11) is 1.90. The van der Waals surface area contributed by atoms with Gasteiger partial charge in [-0.15, -0.1) is 0 Å². The summed E-state index contributed by atoms with van der Waals surface area (Å²) in [6.07, 6.45) is 4.63. The molecule has 0 bridgehead atoms. The molecule has 0 N–H and O–H groups in total. The molecule has 0 atom stereocenters. The minimum atomic E-state index is 0.0720. The molecule has 25 heavy (non-hydrogen) atoms. The Hall–Kier alpha value is -2.33. The van der Waals surface area contributed by atoms with Gasteiger partial charge in [0.2, 0.25) is 5.89 Å². The average Bonchev–Trinajstić information content (AvgIpc) is 3.30. The molecule has 0 spiro atoms. The van der Waals surface area contributed by atoms with E-state index in [0.29, 0.717) is 28.1 Å². The van der Waals surface area contributed by atoms with E-state index in [2.05, 4.69) is 4.98 Å². The van der Waals surface area contributed by atoms with Gasteiger partial charge in [0.1, 0.15) is 5.52 Å². The van der Waals surface area contributed by atoms with Gasteiger partial charge in [-0.05, 0) is 49.2 Å². The molecule has 0 radical (unpaired) electrons. The number of hydrogen-bond donors (Lipinski definition) is 0. The number of aromatic nitrogens is 1. The molecule has 1 saturated carbocycles. The van der Waals surface area contributed by atoms with Crippen molar-refractivity contribution in [2.24, 2.45) is 0 Å². The molecule has 128 valence electrons. The second-order valence-electron chi connectivity index (χ2n) is 6.56. The molecule has 0 saturated heterocycles. The Balaban J connectivity index is 1.57. The first kappa shape index (κ1) is 16.2. The summed E-state index contributed by atoms with van der Waals surface area (Å²) in [5.74, 6) is 0.600. The van der Waals surface area contributed by atoms with Crippen LogP contribution in [-0.2, 0) is 0 Å². The molecular formula is C20H19ClN2O2. The smallest absolute Gasteiger partial charge is 0.253 e. The average molecular weight is 355 g/mol. The van der Waals surface area contributed by atoms with Crippen LogP contribution in [0.5, 0.6) is 0 Å². The fourth-order valence-electron chi connectivity index (χ4n) is 3.44. The highest BCUT2D eigenvalue weighted by molar-refractivity contribution is 6.31. The molecule has 1 amide bonds. The van der Waals surface area contributed by atoms with Gasteiger partial charge in [0, 0.05) is 35.3 Å². The van der Waals surface area contributed by atoms with Gasteiger partial charge in [-0.2, -0.15) is 0 Å². The van der Waals surface area contributed by atoms with Crippen molar-refractivity contribution in [3.05, 3.63) is 53.1 Å². The Labute approximate surface area is 151 Å². The van der Waals surface area contributed by atoms with Crippen LogP contribution in [0.15, 0.2) is 46.9 Å². The molecule has 1 heterocycles. The Morgan fingerprint density at radius 1 is 1.16 bits per heavy atom. The summed E-state index contributed by atoms with van der Waals surface area (Å²) in [5, 5.41) is 0.617. The van der Waals surface area contributed by atoms with Crippen LogP contribution < -0.4 is 0 Å². The standard InChI is InChI=1S/C20H19ClN2O2/c1-23(16-4-2-3-5-16)20(24)14-8-6-13(7-9-14)19-22-17-11-10-15(21)12-18(17)25-19/h6-12,16H,2-5H2,1H3. The third-order valence-corrected chi connectivity index (χ3v) is 5.16. The maximum atomic E-state index is 12.6. The maximum Gasteiger partial charge on any atom is 0.253 e. The minimum Gasteiger partial charge on any atom is -0.436 e. The second kappa shape index (κ2) is 6.52. The summed E-state index contributed by atoms with van der Waals surface area (Å²) in [6, 6.07) is 13.2. The zero-order valence-corrected chi connectivity index (χ0v) is 14.8. The van der Waals surface area contributed by atoms with Crippen LogP contribution in [0.25, 0.3) is 22.6 Å². The van der Waals surface area contributed by atoms with Crippen molar-refractivity contribution >= 4 is 28.6 Å². The lowest BCUT2D eigenvalue weighted by Crippen LogP contribution is -2.35. The quantitative estimate of drug-likeness (QED) is 0.652. The van der Waals surface area contributed by atoms with Crippen LogP contribution >= 0.6 is 11.6 Å². The summed E-state index contributed by atoms with van der Waals surface area (Å²) >= 11 is 5.98. The van der Waals surface area contributed by atoms with Crippen molar-refractivity contribution in [2.75, 3.05) is 7.05 Å². The van der Waals surface area contributed by atoms with Crippen molar-refractivity contribution < 1.29 is 9.21 Å². The molecule has 1 aromatic heterocycles. The van der Waals surface area contributed by atoms with Crippen LogP contribution in [-0.4, -0.2) is 28.9 Å². The number of benzene rings is 2. The summed E-state index contributed by atoms with van der Waals surface area (Å²) in [6.45, 7) is 0. The van der Waals surface area contributed by atoms with Gasteiger partial charge in [-0.25, -0.2) is 4.98 Å². The first-order valence-electron chi connectivity index (χ1n) is 8.55. The molecule has 1 aliphatic rings. The number of fused-ring (bicyclic) bond motifs is 1. The van der Waals surface area contributed by atoms with E-state index in [1.54, 1.807) is 12.1 Å². The highest BCUT2D eigenvalue weighted by Crippen LogP contribution is 2.27. The molecular weight excluding hydrogens is 336 g/mol. The van der Waals surface area contributed by atoms with Crippen molar-refractivity contribution in [3.8, 4) is 11.5 Å². The Morgan fingerprint density at radius 3 is 2.60 bits per heavy atom. The Kier molecular flexibility index (Phi) is 4.22. The number of oxazole rings is 1. The molecule has 4 nitrogen and oxygen atoms in total. The van der Waals surface area contributed by atoms with Gasteiger partial charge in [-0.1, -0.05) is 24.4 Å². The number of hydrogen-bond acceptors (Lipinski definition) is 3. The van der Waals surface area contributed by atoms with Crippen molar-refractivity contribution in [3.63, 3.8) is 0 Å². The zero-order chi connectivity index (χ0) is 17.4. The van der Waals surface area contributed by atoms with Crippen LogP contribution in [0.3, 0.4) is 0 Å². The minimum absolute atomic E-state index is 0.0720. The molecule has 5 heteroatoms. The number of halogens is 1. The number of rotatable bonds is 3. The molecule has 1 aliphatic carbocycles. The summed E-state index contributed by atoms with van der Waals surface area (Å²) < 4.78 is 5.77. The second-order valence-corrected chi connectivity index (χ2v) is 7.00. The van der Waals surface area contributed by atoms with E-state index in [-0.39, 0.29) is 5.91 Å². The predicted octanol–water partition coefficient (Wildman–Crippen LogP) is 5.16. The molecule has 0 aliphatic heterocycles. The van der Waals surface area contributed by atoms with Gasteiger partial charge in [0.25, 0.3) is 5.91 Å². The fourth-order valence-corrected chi connectivity index (χ4v) is 3.60. The van der Waals surface area contributed by atoms with E-state index in [4.69, 9.17) is 16.0 Å². The summed E-state index contributed by atoms with van der Waals surface area (Å²) in [5.41, 5.74) is 2.95. The topological polar surface area (TPSA) is 46.3 Å². The van der Waals surface area contributed by atoms with Gasteiger partial charge < -0.3 is 9.32 Å². The van der Waals surface area contributed by atoms with Crippen LogP contribution in [0.1, 0.15) is 36.0 Å². The van der Waals surface area contributed by atoms with Gasteiger partial charge >= 0.3 is 0 Å². The monoisotopic (exact) mass is 354 g/mol. The van der Waals surface area contributed by atoms with E-state index >= 15 is 0 Å². The first-order valence-corrected chi connectivity index (χ1v) is 8.93. The third-order valence-electron chi connectivity index (χ3n) is 4.92. The highest BCUT2D eigenvalue weighted by Gasteiger charge is 2.24. The lowest BCUT2D eigenvalue weighted by molar-refractivity contribution is 0.0735. The molecule has 0 unspecified atom stereocenters. The molecule has 4 rings (SSSR count). The highest BCUT2D eigenvalue weighted by atomic mass is 35.5. The zero-order valence-electron chi connectivity index (χ0n) is 14.0. The van der Waals surface area contributed by atoms with Crippen molar-refractivity contribution in [2.45, 2.75) is 31.7 Å². The summed E-state index contributed by atoms with van der Waals surface area (Å²) in [4.78, 5) is 19.0. The van der Waals surface area contributed by atoms with Gasteiger partial charge in [0.05, 0.1) is 0 Å². The maximum absolute atomic E-state index is 12.6. The van der Waals surface area contributed by atoms with Crippen molar-refractivity contribution in [1.82, 2.24) is 9.88 Å². The van der Waals surface area contributed by atoms with Gasteiger partial charge in [-0.3, -0.25) is 4.79 Å². The predicted molar refractivity (Wildman–Crippen MR) is 98.8 cm³/mol. The van der Waals surface area contributed by atoms with Crippen molar-refractivity contribution in [1.29, 1.82) is 0 Å². The lowest BCUT2D eigenvalue weighted by atomic mass is 10.1. The third kappa shape index (κ3) is 3.14. The molecule has 2 aromatic carbocycles. The Bertz CT molecular complexity index is 911. The van der Waals surface area contributed by atoms with Gasteiger partial charge in [0.15, 0.2) is 5.58 Å². The molecule has 3 aromatic rings. The first-order chi connectivity index (χ1) is 12.1. The van der Waals surface area contributed by atoms with E-state index in [0.717, 1.165) is 23.9 Å². The van der Waals surface area contributed by atoms with E-state index in [9.17, 15) is 4.79 Å². The fraction of sp³-hybridized carbons (Fsp3) is 0.300. The largest absolute Gasteiger partial charge is 0.436 e. The van der Waals surface area contributed by atoms with Crippen LogP contribution in [0.4, 0.5) is 0 Å². The van der Waals surface area contributed by atoms with Crippen LogP contribution in [0.2, 0.25) is 5.02 Å².